The van der Waals surface area contributed by atoms with Crippen molar-refractivity contribution in [1.82, 2.24) is 21.1 Å². The van der Waals surface area contributed by atoms with Crippen molar-refractivity contribution in [3.05, 3.63) is 46.7 Å². The van der Waals surface area contributed by atoms with Gasteiger partial charge in [-0.25, -0.2) is 20.6 Å². The molecule has 0 atom stereocenters. The van der Waals surface area contributed by atoms with Crippen LogP contribution in [-0.4, -0.2) is 46.1 Å². The average molecular weight is 378 g/mol. The van der Waals surface area contributed by atoms with Crippen molar-refractivity contribution in [2.45, 2.75) is 11.9 Å². The van der Waals surface area contributed by atoms with E-state index in [4.69, 9.17) is 6.57 Å². The number of hydroxylamine groups is 1. The van der Waals surface area contributed by atoms with Gasteiger partial charge in [0, 0.05) is 12.3 Å². The van der Waals surface area contributed by atoms with E-state index >= 15 is 0 Å². The molecule has 0 aliphatic heterocycles. The van der Waals surface area contributed by atoms with Crippen LogP contribution in [0.3, 0.4) is 0 Å². The molecule has 1 amide bonds. The summed E-state index contributed by atoms with van der Waals surface area (Å²) in [5, 5.41) is 19.7. The summed E-state index contributed by atoms with van der Waals surface area (Å²) >= 11 is 1.22. The summed E-state index contributed by atoms with van der Waals surface area (Å²) in [7, 11) is 0. The molecular weight excluding hydrogens is 363 g/mol. The van der Waals surface area contributed by atoms with E-state index in [1.165, 1.54) is 30.0 Å². The molecule has 0 spiro atoms. The Kier molecular flexibility index (Phi) is 7.07. The lowest BCUT2D eigenvalue weighted by atomic mass is 10.2. The second kappa shape index (κ2) is 9.50. The van der Waals surface area contributed by atoms with E-state index < -0.39 is 0 Å². The van der Waals surface area contributed by atoms with E-state index in [1.54, 1.807) is 6.92 Å². The third kappa shape index (κ3) is 5.27. The number of aliphatic imine (C=N–C) groups is 1. The van der Waals surface area contributed by atoms with Gasteiger partial charge in [0.1, 0.15) is 5.82 Å². The van der Waals surface area contributed by atoms with Gasteiger partial charge < -0.3 is 10.2 Å². The predicted molar refractivity (Wildman–Crippen MR) is 91.8 cm³/mol. The molecule has 11 heteroatoms. The molecule has 9 nitrogen and oxygen atoms in total. The van der Waals surface area contributed by atoms with Gasteiger partial charge in [0.25, 0.3) is 12.5 Å². The number of carbonyl (C=O) groups excluding carboxylic acids is 1. The van der Waals surface area contributed by atoms with Gasteiger partial charge in [-0.3, -0.25) is 15.5 Å². The van der Waals surface area contributed by atoms with Gasteiger partial charge in [-0.2, -0.15) is 0 Å². The number of carbonyl (C=O) groups is 1. The Hall–Kier alpha value is -2.97. The number of aryl methyl sites for hydroxylation is 1. The fraction of sp³-hybridized carbons (Fsp3) is 0.267. The summed E-state index contributed by atoms with van der Waals surface area (Å²) in [6.45, 7) is 8.31. The van der Waals surface area contributed by atoms with Crippen molar-refractivity contribution in [3.8, 4) is 0 Å². The fourth-order valence-electron chi connectivity index (χ4n) is 1.84. The number of aromatic nitrogens is 2. The van der Waals surface area contributed by atoms with Crippen molar-refractivity contribution < 1.29 is 19.0 Å². The van der Waals surface area contributed by atoms with E-state index in [0.717, 1.165) is 0 Å². The molecule has 0 radical (unpaired) electrons. The largest absolute Gasteiger partial charge is 0.349 e. The van der Waals surface area contributed by atoms with E-state index in [9.17, 15) is 14.4 Å². The monoisotopic (exact) mass is 378 g/mol. The van der Waals surface area contributed by atoms with Crippen LogP contribution in [0, 0.1) is 19.3 Å². The molecule has 1 aromatic heterocycles. The number of hydrogen-bond donors (Lipinski definition) is 3. The summed E-state index contributed by atoms with van der Waals surface area (Å²) in [5.74, 6) is -0.289. The summed E-state index contributed by atoms with van der Waals surface area (Å²) in [5.41, 5.74) is 2.92. The minimum atomic E-state index is -0.359. The van der Waals surface area contributed by atoms with Gasteiger partial charge in [-0.1, -0.05) is 11.8 Å². The lowest BCUT2D eigenvalue weighted by Crippen LogP contribution is -2.27. The molecule has 2 aromatic rings. The maximum absolute atomic E-state index is 13.3. The zero-order chi connectivity index (χ0) is 18.9. The number of nitrogens with one attached hydrogen (secondary N) is 2. The van der Waals surface area contributed by atoms with Gasteiger partial charge in [0.2, 0.25) is 0 Å². The fourth-order valence-corrected chi connectivity index (χ4v) is 2.60. The summed E-state index contributed by atoms with van der Waals surface area (Å²) in [6, 6.07) is 4.23. The van der Waals surface area contributed by atoms with Gasteiger partial charge >= 0.3 is 0 Å². The van der Waals surface area contributed by atoms with Gasteiger partial charge in [-0.05, 0) is 41.0 Å². The third-order valence-corrected chi connectivity index (χ3v) is 4.01. The van der Waals surface area contributed by atoms with Crippen molar-refractivity contribution >= 4 is 29.2 Å². The minimum Gasteiger partial charge on any atom is -0.349 e. The van der Waals surface area contributed by atoms with Gasteiger partial charge in [0.15, 0.2) is 16.6 Å². The predicted octanol–water partition coefficient (Wildman–Crippen LogP) is 1.70. The topological polar surface area (TPSA) is 117 Å². The highest BCUT2D eigenvalue weighted by atomic mass is 32.2. The van der Waals surface area contributed by atoms with Crippen LogP contribution >= 0.6 is 11.8 Å². The third-order valence-electron chi connectivity index (χ3n) is 3.06. The van der Waals surface area contributed by atoms with Crippen LogP contribution in [0.2, 0.25) is 0 Å². The lowest BCUT2D eigenvalue weighted by Gasteiger charge is -2.04. The Morgan fingerprint density at radius 2 is 2.31 bits per heavy atom. The van der Waals surface area contributed by atoms with Crippen LogP contribution in [0.5, 0.6) is 0 Å². The first-order valence-electron chi connectivity index (χ1n) is 7.35. The van der Waals surface area contributed by atoms with E-state index in [-0.39, 0.29) is 29.8 Å². The van der Waals surface area contributed by atoms with E-state index in [0.29, 0.717) is 28.6 Å². The van der Waals surface area contributed by atoms with Crippen LogP contribution in [0.4, 0.5) is 10.1 Å². The number of amides is 1. The smallest absolute Gasteiger partial charge is 0.300 e. The van der Waals surface area contributed by atoms with Gasteiger partial charge in [0.05, 0.1) is 5.69 Å². The lowest BCUT2D eigenvalue weighted by molar-refractivity contribution is -0.119. The van der Waals surface area contributed by atoms with Crippen molar-refractivity contribution in [2.24, 2.45) is 4.99 Å². The van der Waals surface area contributed by atoms with E-state index in [2.05, 4.69) is 30.1 Å². The summed E-state index contributed by atoms with van der Waals surface area (Å²) < 4.78 is 18.0. The molecule has 1 heterocycles. The number of thioether (sulfide) groups is 1. The molecule has 0 saturated heterocycles. The first kappa shape index (κ1) is 19.4. The maximum Gasteiger partial charge on any atom is 0.300 e. The summed E-state index contributed by atoms with van der Waals surface area (Å²) in [6.07, 6.45) is 0. The Balaban J connectivity index is 2.06. The molecule has 0 fully saturated rings. The molecule has 0 aliphatic carbocycles. The Morgan fingerprint density at radius 3 is 3.00 bits per heavy atom. The average Bonchev–Trinajstić information content (AvgIpc) is 3.08. The maximum atomic E-state index is 13.3. The Morgan fingerprint density at radius 1 is 1.50 bits per heavy atom. The standard InChI is InChI=1S/C15H15FN6O3S/c1-9-7-10(3-4-11(9)16)19-14(20-24)13-15(22-25-21-13)26-6-5-18-12(23)8-17-2/h3-4,7,24H,5-6,8H2,1H3,(H,18,23)(H,19,20). The molecule has 0 bridgehead atoms. The number of benzene rings is 1. The minimum absolute atomic E-state index is 0.0169. The normalized spacial score (nSPS) is 11.1. The quantitative estimate of drug-likeness (QED) is 0.168. The Bertz CT molecular complexity index is 848. The van der Waals surface area contributed by atoms with Crippen molar-refractivity contribution in [3.63, 3.8) is 0 Å². The summed E-state index contributed by atoms with van der Waals surface area (Å²) in [4.78, 5) is 18.4. The first-order valence-corrected chi connectivity index (χ1v) is 8.34. The first-order chi connectivity index (χ1) is 12.5. The molecule has 2 rings (SSSR count). The van der Waals surface area contributed by atoms with Crippen molar-refractivity contribution in [1.29, 1.82) is 0 Å². The zero-order valence-electron chi connectivity index (χ0n) is 13.7. The molecular formula is C15H15FN6O3S. The second-order valence-corrected chi connectivity index (χ2v) is 6.02. The van der Waals surface area contributed by atoms with Crippen LogP contribution in [0.25, 0.3) is 4.85 Å². The molecule has 0 aliphatic rings. The van der Waals surface area contributed by atoms with Crippen LogP contribution in [0.1, 0.15) is 11.3 Å². The molecule has 0 unspecified atom stereocenters. The number of hydrogen-bond acceptors (Lipinski definition) is 7. The zero-order valence-corrected chi connectivity index (χ0v) is 14.5. The number of amidine groups is 1. The SMILES string of the molecule is [C-]#[N+]CC(=O)NCCSc1nonc1C(=Nc1ccc(F)c(C)c1)NO. The van der Waals surface area contributed by atoms with Crippen LogP contribution < -0.4 is 10.8 Å². The number of rotatable bonds is 7. The van der Waals surface area contributed by atoms with Crippen molar-refractivity contribution in [2.75, 3.05) is 18.8 Å². The molecule has 0 saturated carbocycles. The highest BCUT2D eigenvalue weighted by molar-refractivity contribution is 7.99. The number of halogens is 1. The van der Waals surface area contributed by atoms with E-state index in [1.807, 2.05) is 5.48 Å². The van der Waals surface area contributed by atoms with Crippen LogP contribution in [0.15, 0.2) is 32.8 Å². The Labute approximate surface area is 152 Å². The molecule has 26 heavy (non-hydrogen) atoms. The highest BCUT2D eigenvalue weighted by Gasteiger charge is 2.17. The van der Waals surface area contributed by atoms with Crippen LogP contribution in [-0.2, 0) is 4.79 Å². The molecule has 136 valence electrons. The second-order valence-electron chi connectivity index (χ2n) is 4.94. The number of nitrogens with zero attached hydrogens (tertiary/aromatic N) is 4. The highest BCUT2D eigenvalue weighted by Crippen LogP contribution is 2.22. The molecule has 1 aromatic carbocycles. The van der Waals surface area contributed by atoms with Gasteiger partial charge in [-0.15, -0.1) is 0 Å². The molecule has 3 N–H and O–H groups in total.